The Kier molecular flexibility index (Phi) is 7.87. The van der Waals surface area contributed by atoms with E-state index in [1.165, 1.54) is 0 Å². The van der Waals surface area contributed by atoms with Crippen LogP contribution in [0.5, 0.6) is 5.75 Å². The van der Waals surface area contributed by atoms with E-state index in [1.54, 1.807) is 0 Å². The number of hydrogen-bond acceptors (Lipinski definition) is 5. The second-order valence-electron chi connectivity index (χ2n) is 6.80. The molecule has 2 amide bonds. The second-order valence-corrected chi connectivity index (χ2v) is 6.80. The minimum atomic E-state index is -0.218. The minimum absolute atomic E-state index is 0.218. The van der Waals surface area contributed by atoms with Gasteiger partial charge in [-0.25, -0.2) is 4.79 Å². The molecule has 2 aromatic carbocycles. The van der Waals surface area contributed by atoms with Gasteiger partial charge < -0.3 is 20.1 Å². The summed E-state index contributed by atoms with van der Waals surface area (Å²) in [5, 5.41) is 14.5. The lowest BCUT2D eigenvalue weighted by Gasteiger charge is -2.26. The maximum atomic E-state index is 12.1. The number of amides is 2. The number of benzene rings is 2. The maximum absolute atomic E-state index is 12.1. The third-order valence-corrected chi connectivity index (χ3v) is 4.61. The number of rotatable bonds is 8. The maximum Gasteiger partial charge on any atom is 0.319 e. The highest BCUT2D eigenvalue weighted by molar-refractivity contribution is 5.89. The second kappa shape index (κ2) is 11.1. The SMILES string of the molecule is N#CCc1ccc(OCc2cccc(NC(=O)NCCN3CCOCC3)c2)cc1. The van der Waals surface area contributed by atoms with Crippen molar-refractivity contribution >= 4 is 11.7 Å². The monoisotopic (exact) mass is 394 g/mol. The number of urea groups is 1. The van der Waals surface area contributed by atoms with E-state index in [1.807, 2.05) is 48.5 Å². The van der Waals surface area contributed by atoms with Crippen LogP contribution in [-0.2, 0) is 17.8 Å². The van der Waals surface area contributed by atoms with Gasteiger partial charge in [-0.2, -0.15) is 5.26 Å². The van der Waals surface area contributed by atoms with E-state index in [0.29, 0.717) is 19.6 Å². The zero-order valence-electron chi connectivity index (χ0n) is 16.4. The molecule has 0 atom stereocenters. The van der Waals surface area contributed by atoms with E-state index >= 15 is 0 Å². The van der Waals surface area contributed by atoms with Gasteiger partial charge in [0.2, 0.25) is 0 Å². The number of ether oxygens (including phenoxy) is 2. The molecule has 7 nitrogen and oxygen atoms in total. The molecule has 0 saturated carbocycles. The molecule has 7 heteroatoms. The van der Waals surface area contributed by atoms with Crippen LogP contribution in [-0.4, -0.2) is 50.3 Å². The average molecular weight is 394 g/mol. The van der Waals surface area contributed by atoms with Gasteiger partial charge in [-0.3, -0.25) is 4.90 Å². The van der Waals surface area contributed by atoms with Crippen molar-refractivity contribution in [2.45, 2.75) is 13.0 Å². The quantitative estimate of drug-likeness (QED) is 0.719. The van der Waals surface area contributed by atoms with Crippen molar-refractivity contribution in [2.75, 3.05) is 44.7 Å². The van der Waals surface area contributed by atoms with Crippen LogP contribution in [0.15, 0.2) is 48.5 Å². The third-order valence-electron chi connectivity index (χ3n) is 4.61. The van der Waals surface area contributed by atoms with E-state index in [-0.39, 0.29) is 6.03 Å². The molecule has 0 aromatic heterocycles. The van der Waals surface area contributed by atoms with Gasteiger partial charge in [0.05, 0.1) is 25.7 Å². The highest BCUT2D eigenvalue weighted by Crippen LogP contribution is 2.16. The summed E-state index contributed by atoms with van der Waals surface area (Å²) in [6, 6.07) is 17.0. The van der Waals surface area contributed by atoms with Crippen LogP contribution >= 0.6 is 0 Å². The summed E-state index contributed by atoms with van der Waals surface area (Å²) < 4.78 is 11.1. The summed E-state index contributed by atoms with van der Waals surface area (Å²) in [5.74, 6) is 0.742. The van der Waals surface area contributed by atoms with Gasteiger partial charge in [-0.1, -0.05) is 24.3 Å². The summed E-state index contributed by atoms with van der Waals surface area (Å²) in [6.07, 6.45) is 0.391. The first-order valence-electron chi connectivity index (χ1n) is 9.75. The Hall–Kier alpha value is -3.08. The molecule has 152 valence electrons. The van der Waals surface area contributed by atoms with Gasteiger partial charge in [0.1, 0.15) is 12.4 Å². The first-order valence-corrected chi connectivity index (χ1v) is 9.75. The Morgan fingerprint density at radius 1 is 1.14 bits per heavy atom. The molecule has 0 radical (unpaired) electrons. The number of nitrogens with zero attached hydrogens (tertiary/aromatic N) is 2. The fourth-order valence-electron chi connectivity index (χ4n) is 3.03. The standard InChI is InChI=1S/C22H26N4O3/c23-9-8-18-4-6-21(7-5-18)29-17-19-2-1-3-20(16-19)25-22(27)24-10-11-26-12-14-28-15-13-26/h1-7,16H,8,10-15,17H2,(H2,24,25,27). The minimum Gasteiger partial charge on any atom is -0.489 e. The lowest BCUT2D eigenvalue weighted by atomic mass is 10.1. The van der Waals surface area contributed by atoms with Gasteiger partial charge in [-0.15, -0.1) is 0 Å². The lowest BCUT2D eigenvalue weighted by molar-refractivity contribution is 0.0388. The number of morpholine rings is 1. The molecule has 3 rings (SSSR count). The van der Waals surface area contributed by atoms with E-state index in [0.717, 1.165) is 55.4 Å². The van der Waals surface area contributed by atoms with Crippen molar-refractivity contribution in [1.29, 1.82) is 5.26 Å². The third kappa shape index (κ3) is 7.11. The molecule has 2 aromatic rings. The van der Waals surface area contributed by atoms with Crippen LogP contribution in [0.3, 0.4) is 0 Å². The molecule has 1 aliphatic rings. The van der Waals surface area contributed by atoms with Crippen molar-refractivity contribution in [2.24, 2.45) is 0 Å². The Balaban J connectivity index is 1.42. The summed E-state index contributed by atoms with van der Waals surface area (Å²) >= 11 is 0. The van der Waals surface area contributed by atoms with Crippen LogP contribution in [0.25, 0.3) is 0 Å². The highest BCUT2D eigenvalue weighted by atomic mass is 16.5. The molecular formula is C22H26N4O3. The number of carbonyl (C=O) groups is 1. The van der Waals surface area contributed by atoms with E-state index in [9.17, 15) is 4.79 Å². The number of nitrogens with one attached hydrogen (secondary N) is 2. The van der Waals surface area contributed by atoms with Crippen LogP contribution in [0.2, 0.25) is 0 Å². The Morgan fingerprint density at radius 2 is 1.93 bits per heavy atom. The molecule has 0 aliphatic carbocycles. The zero-order valence-corrected chi connectivity index (χ0v) is 16.4. The zero-order chi connectivity index (χ0) is 20.3. The van der Waals surface area contributed by atoms with E-state index in [2.05, 4.69) is 21.6 Å². The number of nitriles is 1. The Morgan fingerprint density at radius 3 is 2.69 bits per heavy atom. The van der Waals surface area contributed by atoms with Gasteiger partial charge in [0.25, 0.3) is 0 Å². The van der Waals surface area contributed by atoms with Gasteiger partial charge in [-0.05, 0) is 35.4 Å². The number of carbonyl (C=O) groups excluding carboxylic acids is 1. The Bertz CT molecular complexity index is 827. The van der Waals surface area contributed by atoms with Crippen molar-refractivity contribution in [3.05, 3.63) is 59.7 Å². The number of hydrogen-bond donors (Lipinski definition) is 2. The topological polar surface area (TPSA) is 86.6 Å². The molecule has 2 N–H and O–H groups in total. The summed E-state index contributed by atoms with van der Waals surface area (Å²) in [7, 11) is 0. The highest BCUT2D eigenvalue weighted by Gasteiger charge is 2.10. The van der Waals surface area contributed by atoms with Crippen LogP contribution in [0.4, 0.5) is 10.5 Å². The fourth-order valence-corrected chi connectivity index (χ4v) is 3.03. The van der Waals surface area contributed by atoms with Crippen LogP contribution < -0.4 is 15.4 Å². The molecule has 0 bridgehead atoms. The molecule has 0 unspecified atom stereocenters. The molecule has 29 heavy (non-hydrogen) atoms. The molecule has 1 fully saturated rings. The number of anilines is 1. The lowest BCUT2D eigenvalue weighted by Crippen LogP contribution is -2.42. The van der Waals surface area contributed by atoms with Crippen molar-refractivity contribution in [3.63, 3.8) is 0 Å². The van der Waals surface area contributed by atoms with Crippen LogP contribution in [0, 0.1) is 11.3 Å². The van der Waals surface area contributed by atoms with Gasteiger partial charge in [0.15, 0.2) is 0 Å². The first kappa shape index (κ1) is 20.6. The Labute approximate surface area is 171 Å². The normalized spacial score (nSPS) is 14.0. The first-order chi connectivity index (χ1) is 14.2. The molecule has 1 saturated heterocycles. The largest absolute Gasteiger partial charge is 0.489 e. The van der Waals surface area contributed by atoms with Crippen molar-refractivity contribution in [1.82, 2.24) is 10.2 Å². The van der Waals surface area contributed by atoms with Crippen molar-refractivity contribution < 1.29 is 14.3 Å². The van der Waals surface area contributed by atoms with Gasteiger partial charge in [0, 0.05) is 31.9 Å². The summed E-state index contributed by atoms with van der Waals surface area (Å²) in [6.45, 7) is 5.13. The fraction of sp³-hybridized carbons (Fsp3) is 0.364. The van der Waals surface area contributed by atoms with E-state index < -0.39 is 0 Å². The van der Waals surface area contributed by atoms with Crippen molar-refractivity contribution in [3.8, 4) is 11.8 Å². The summed E-state index contributed by atoms with van der Waals surface area (Å²) in [5.41, 5.74) is 2.64. The van der Waals surface area contributed by atoms with Crippen LogP contribution in [0.1, 0.15) is 11.1 Å². The predicted octanol–water partition coefficient (Wildman–Crippen LogP) is 2.79. The summed E-state index contributed by atoms with van der Waals surface area (Å²) in [4.78, 5) is 14.4. The van der Waals surface area contributed by atoms with Gasteiger partial charge >= 0.3 is 6.03 Å². The average Bonchev–Trinajstić information content (AvgIpc) is 2.74. The molecular weight excluding hydrogens is 368 g/mol. The molecule has 1 heterocycles. The van der Waals surface area contributed by atoms with E-state index in [4.69, 9.17) is 14.7 Å². The smallest absolute Gasteiger partial charge is 0.319 e. The predicted molar refractivity (Wildman–Crippen MR) is 111 cm³/mol. The molecule has 0 spiro atoms. The molecule has 1 aliphatic heterocycles.